The molecular weight excluding hydrogens is 340 g/mol. The molecule has 6 nitrogen and oxygen atoms in total. The average Bonchev–Trinajstić information content (AvgIpc) is 3.48. The van der Waals surface area contributed by atoms with E-state index in [9.17, 15) is 9.59 Å². The van der Waals surface area contributed by atoms with Crippen molar-refractivity contribution in [3.05, 3.63) is 65.2 Å². The van der Waals surface area contributed by atoms with Crippen LogP contribution in [0.3, 0.4) is 0 Å². The third-order valence-electron chi connectivity index (χ3n) is 4.42. The first-order valence-electron chi connectivity index (χ1n) is 9.29. The van der Waals surface area contributed by atoms with Gasteiger partial charge in [0, 0.05) is 25.3 Å². The van der Waals surface area contributed by atoms with Crippen LogP contribution in [0.5, 0.6) is 0 Å². The van der Waals surface area contributed by atoms with Crippen LogP contribution in [-0.4, -0.2) is 18.6 Å². The summed E-state index contributed by atoms with van der Waals surface area (Å²) < 4.78 is 0. The molecule has 4 amide bonds. The number of benzene rings is 2. The molecular formula is C21H26N4O2. The molecule has 2 aromatic rings. The Morgan fingerprint density at radius 2 is 1.56 bits per heavy atom. The van der Waals surface area contributed by atoms with Crippen molar-refractivity contribution in [2.75, 3.05) is 11.9 Å². The maximum atomic E-state index is 12.0. The molecule has 3 rings (SSSR count). The van der Waals surface area contributed by atoms with Gasteiger partial charge in [-0.05, 0) is 54.5 Å². The van der Waals surface area contributed by atoms with Crippen molar-refractivity contribution in [2.24, 2.45) is 5.92 Å². The maximum Gasteiger partial charge on any atom is 0.319 e. The molecule has 6 heteroatoms. The van der Waals surface area contributed by atoms with Gasteiger partial charge in [-0.2, -0.15) is 0 Å². The van der Waals surface area contributed by atoms with Gasteiger partial charge in [0.15, 0.2) is 0 Å². The minimum absolute atomic E-state index is 0.136. The Hall–Kier alpha value is -3.02. The van der Waals surface area contributed by atoms with Crippen LogP contribution in [-0.2, 0) is 13.1 Å². The number of aryl methyl sites for hydroxylation is 1. The van der Waals surface area contributed by atoms with Crippen LogP contribution in [0.15, 0.2) is 48.5 Å². The van der Waals surface area contributed by atoms with E-state index in [2.05, 4.69) is 21.3 Å². The number of anilines is 1. The standard InChI is InChI=1S/C21H26N4O2/c1-15-4-2-7-19(10-15)25-21(27)24-14-18-6-3-5-17(11-18)13-23-20(26)22-12-16-8-9-16/h2-7,10-11,16H,8-9,12-14H2,1H3,(H2,22,23,26)(H2,24,25,27). The molecule has 0 unspecified atom stereocenters. The lowest BCUT2D eigenvalue weighted by Crippen LogP contribution is -2.36. The Balaban J connectivity index is 1.42. The monoisotopic (exact) mass is 366 g/mol. The summed E-state index contributed by atoms with van der Waals surface area (Å²) in [5.41, 5.74) is 3.83. The van der Waals surface area contributed by atoms with Crippen molar-refractivity contribution in [3.8, 4) is 0 Å². The second-order valence-electron chi connectivity index (χ2n) is 7.00. The second-order valence-corrected chi connectivity index (χ2v) is 7.00. The van der Waals surface area contributed by atoms with Crippen LogP contribution < -0.4 is 21.3 Å². The highest BCUT2D eigenvalue weighted by Gasteiger charge is 2.21. The number of nitrogens with one attached hydrogen (secondary N) is 4. The Labute approximate surface area is 159 Å². The zero-order chi connectivity index (χ0) is 19.1. The molecule has 142 valence electrons. The van der Waals surface area contributed by atoms with Crippen molar-refractivity contribution in [2.45, 2.75) is 32.9 Å². The molecule has 0 aliphatic heterocycles. The van der Waals surface area contributed by atoms with E-state index in [0.717, 1.165) is 28.9 Å². The Morgan fingerprint density at radius 3 is 2.22 bits per heavy atom. The van der Waals surface area contributed by atoms with Gasteiger partial charge in [0.2, 0.25) is 0 Å². The summed E-state index contributed by atoms with van der Waals surface area (Å²) >= 11 is 0. The molecule has 0 aromatic heterocycles. The molecule has 0 spiro atoms. The fourth-order valence-corrected chi connectivity index (χ4v) is 2.73. The zero-order valence-corrected chi connectivity index (χ0v) is 15.5. The van der Waals surface area contributed by atoms with Gasteiger partial charge in [-0.15, -0.1) is 0 Å². The summed E-state index contributed by atoms with van der Waals surface area (Å²) in [5, 5.41) is 11.4. The summed E-state index contributed by atoms with van der Waals surface area (Å²) in [4.78, 5) is 23.8. The van der Waals surface area contributed by atoms with Gasteiger partial charge in [0.1, 0.15) is 0 Å². The van der Waals surface area contributed by atoms with E-state index >= 15 is 0 Å². The first-order chi connectivity index (χ1) is 13.1. The van der Waals surface area contributed by atoms with Crippen molar-refractivity contribution in [3.63, 3.8) is 0 Å². The van der Waals surface area contributed by atoms with E-state index in [1.807, 2.05) is 55.5 Å². The lowest BCUT2D eigenvalue weighted by Gasteiger charge is -2.10. The Bertz CT molecular complexity index is 802. The van der Waals surface area contributed by atoms with E-state index in [4.69, 9.17) is 0 Å². The molecule has 0 atom stereocenters. The lowest BCUT2D eigenvalue weighted by atomic mass is 10.1. The van der Waals surface area contributed by atoms with E-state index in [1.54, 1.807) is 0 Å². The van der Waals surface area contributed by atoms with Gasteiger partial charge in [-0.3, -0.25) is 0 Å². The largest absolute Gasteiger partial charge is 0.338 e. The van der Waals surface area contributed by atoms with E-state index < -0.39 is 0 Å². The molecule has 0 radical (unpaired) electrons. The minimum atomic E-state index is -0.247. The summed E-state index contributed by atoms with van der Waals surface area (Å²) in [6.45, 7) is 3.61. The second kappa shape index (κ2) is 9.07. The topological polar surface area (TPSA) is 82.3 Å². The van der Waals surface area contributed by atoms with Gasteiger partial charge in [0.05, 0.1) is 0 Å². The first kappa shape index (κ1) is 18.8. The predicted molar refractivity (Wildman–Crippen MR) is 106 cm³/mol. The number of urea groups is 2. The maximum absolute atomic E-state index is 12.0. The van der Waals surface area contributed by atoms with Crippen molar-refractivity contribution >= 4 is 17.7 Å². The highest BCUT2D eigenvalue weighted by Crippen LogP contribution is 2.27. The van der Waals surface area contributed by atoms with Crippen LogP contribution in [0.25, 0.3) is 0 Å². The fourth-order valence-electron chi connectivity index (χ4n) is 2.73. The van der Waals surface area contributed by atoms with Crippen LogP contribution in [0, 0.1) is 12.8 Å². The van der Waals surface area contributed by atoms with E-state index in [0.29, 0.717) is 19.0 Å². The fraction of sp³-hybridized carbons (Fsp3) is 0.333. The number of amides is 4. The number of hydrogen-bond donors (Lipinski definition) is 4. The van der Waals surface area contributed by atoms with Gasteiger partial charge in [-0.25, -0.2) is 9.59 Å². The highest BCUT2D eigenvalue weighted by atomic mass is 16.2. The predicted octanol–water partition coefficient (Wildman–Crippen LogP) is 3.53. The Morgan fingerprint density at radius 1 is 0.889 bits per heavy atom. The number of hydrogen-bond acceptors (Lipinski definition) is 2. The minimum Gasteiger partial charge on any atom is -0.338 e. The van der Waals surface area contributed by atoms with Crippen LogP contribution in [0.4, 0.5) is 15.3 Å². The molecule has 27 heavy (non-hydrogen) atoms. The number of carbonyl (C=O) groups is 2. The zero-order valence-electron chi connectivity index (χ0n) is 15.5. The first-order valence-corrected chi connectivity index (χ1v) is 9.29. The highest BCUT2D eigenvalue weighted by molar-refractivity contribution is 5.89. The summed E-state index contributed by atoms with van der Waals surface area (Å²) in [6.07, 6.45) is 2.43. The molecule has 2 aromatic carbocycles. The number of carbonyl (C=O) groups excluding carboxylic acids is 2. The van der Waals surface area contributed by atoms with E-state index in [-0.39, 0.29) is 12.1 Å². The number of rotatable bonds is 7. The van der Waals surface area contributed by atoms with Gasteiger partial charge >= 0.3 is 12.1 Å². The van der Waals surface area contributed by atoms with Crippen molar-refractivity contribution < 1.29 is 9.59 Å². The van der Waals surface area contributed by atoms with Crippen LogP contribution in [0.2, 0.25) is 0 Å². The molecule has 4 N–H and O–H groups in total. The SMILES string of the molecule is Cc1cccc(NC(=O)NCc2cccc(CNC(=O)NCC3CC3)c2)c1. The van der Waals surface area contributed by atoms with Crippen molar-refractivity contribution in [1.29, 1.82) is 0 Å². The molecule has 1 fully saturated rings. The average molecular weight is 366 g/mol. The lowest BCUT2D eigenvalue weighted by molar-refractivity contribution is 0.240. The molecule has 0 heterocycles. The molecule has 0 bridgehead atoms. The molecule has 0 saturated heterocycles. The van der Waals surface area contributed by atoms with Crippen LogP contribution >= 0.6 is 0 Å². The summed E-state index contributed by atoms with van der Waals surface area (Å²) in [6, 6.07) is 15.1. The summed E-state index contributed by atoms with van der Waals surface area (Å²) in [5.74, 6) is 0.663. The van der Waals surface area contributed by atoms with Gasteiger partial charge in [-0.1, -0.05) is 36.4 Å². The molecule has 1 aliphatic rings. The molecule has 1 aliphatic carbocycles. The normalized spacial score (nSPS) is 12.9. The van der Waals surface area contributed by atoms with Gasteiger partial charge < -0.3 is 21.3 Å². The van der Waals surface area contributed by atoms with Gasteiger partial charge in [0.25, 0.3) is 0 Å². The smallest absolute Gasteiger partial charge is 0.319 e. The van der Waals surface area contributed by atoms with E-state index in [1.165, 1.54) is 12.8 Å². The third-order valence-corrected chi connectivity index (χ3v) is 4.42. The Kier molecular flexibility index (Phi) is 6.30. The summed E-state index contributed by atoms with van der Waals surface area (Å²) in [7, 11) is 0. The van der Waals surface area contributed by atoms with Crippen LogP contribution in [0.1, 0.15) is 29.5 Å². The molecule has 1 saturated carbocycles. The third kappa shape index (κ3) is 6.66. The quantitative estimate of drug-likeness (QED) is 0.605. The van der Waals surface area contributed by atoms with Crippen molar-refractivity contribution in [1.82, 2.24) is 16.0 Å².